The number of hydrogen-bond acceptors (Lipinski definition) is 6. The molecule has 7 aliphatic rings. The monoisotopic (exact) mass is 516 g/mol. The molecule has 0 saturated heterocycles. The van der Waals surface area contributed by atoms with Gasteiger partial charge in [-0.25, -0.2) is 0 Å². The Bertz CT molecular complexity index is 1210. The molecule has 0 radical (unpaired) electrons. The lowest BCUT2D eigenvalue weighted by Crippen LogP contribution is -1.99. The average molecular weight is 517 g/mol. The molecule has 4 aromatic rings. The van der Waals surface area contributed by atoms with Gasteiger partial charge in [-0.1, -0.05) is 42.5 Å². The SMILES string of the molecule is Oc1cc2c(O)cc1CSCc1ccc(cc1)OCc1cccc(c1)COc1ccc(cc1)CSC2. The Labute approximate surface area is 220 Å². The van der Waals surface area contributed by atoms with Gasteiger partial charge in [-0.15, -0.1) is 0 Å². The van der Waals surface area contributed by atoms with Crippen molar-refractivity contribution >= 4 is 23.5 Å². The average Bonchev–Trinajstić information content (AvgIpc) is 2.90. The van der Waals surface area contributed by atoms with E-state index >= 15 is 0 Å². The molecule has 0 aliphatic carbocycles. The molecule has 8 bridgehead atoms. The number of rotatable bonds is 0. The Morgan fingerprint density at radius 1 is 0.500 bits per heavy atom. The maximum atomic E-state index is 10.5. The normalized spacial score (nSPS) is 14.4. The van der Waals surface area contributed by atoms with Gasteiger partial charge in [-0.2, -0.15) is 23.5 Å². The topological polar surface area (TPSA) is 58.9 Å². The van der Waals surface area contributed by atoms with Crippen LogP contribution in [0.5, 0.6) is 23.0 Å². The molecule has 0 unspecified atom stereocenters. The fourth-order valence-corrected chi connectivity index (χ4v) is 5.92. The van der Waals surface area contributed by atoms with Crippen LogP contribution >= 0.6 is 23.5 Å². The third kappa shape index (κ3) is 6.50. The van der Waals surface area contributed by atoms with Crippen LogP contribution in [0.4, 0.5) is 0 Å². The summed E-state index contributed by atoms with van der Waals surface area (Å²) in [5.74, 6) is 4.97. The highest BCUT2D eigenvalue weighted by Gasteiger charge is 2.10. The van der Waals surface area contributed by atoms with Crippen LogP contribution in [0.25, 0.3) is 0 Å². The van der Waals surface area contributed by atoms with Crippen LogP contribution in [0.15, 0.2) is 84.9 Å². The van der Waals surface area contributed by atoms with Crippen molar-refractivity contribution in [3.05, 3.63) is 118 Å². The van der Waals surface area contributed by atoms with Gasteiger partial charge in [0.05, 0.1) is 0 Å². The predicted molar refractivity (Wildman–Crippen MR) is 148 cm³/mol. The Morgan fingerprint density at radius 3 is 1.39 bits per heavy atom. The van der Waals surface area contributed by atoms with E-state index in [0.29, 0.717) is 24.7 Å². The standard InChI is InChI=1S/C30H28O4S2/c31-29-14-26-20-36-18-22-6-10-28(11-7-22)34-16-24-3-1-2-23(12-24)15-33-27-8-4-21(5-9-27)17-35-19-25(29)13-30(26)32/h1-14,31-32H,15-20H2. The molecule has 11 rings (SSSR count). The molecule has 7 heterocycles. The first-order chi connectivity index (χ1) is 17.6. The molecule has 0 saturated carbocycles. The zero-order valence-corrected chi connectivity index (χ0v) is 21.5. The van der Waals surface area contributed by atoms with Gasteiger partial charge in [0.2, 0.25) is 0 Å². The third-order valence-corrected chi connectivity index (χ3v) is 8.09. The zero-order chi connectivity index (χ0) is 24.7. The highest BCUT2D eigenvalue weighted by molar-refractivity contribution is 7.98. The summed E-state index contributed by atoms with van der Waals surface area (Å²) in [6.07, 6.45) is 0. The summed E-state index contributed by atoms with van der Waals surface area (Å²) in [7, 11) is 0. The van der Waals surface area contributed by atoms with Crippen LogP contribution in [0.2, 0.25) is 0 Å². The van der Waals surface area contributed by atoms with Crippen LogP contribution < -0.4 is 9.47 Å². The Morgan fingerprint density at radius 2 is 0.944 bits per heavy atom. The van der Waals surface area contributed by atoms with E-state index in [1.807, 2.05) is 30.3 Å². The Balaban J connectivity index is 1.34. The summed E-state index contributed by atoms with van der Waals surface area (Å²) in [5, 5.41) is 21.0. The lowest BCUT2D eigenvalue weighted by molar-refractivity contribution is 0.300. The van der Waals surface area contributed by atoms with Crippen molar-refractivity contribution in [2.45, 2.75) is 36.2 Å². The first-order valence-electron chi connectivity index (χ1n) is 11.8. The fraction of sp³-hybridized carbons (Fsp3) is 0.200. The molecule has 4 nitrogen and oxygen atoms in total. The largest absolute Gasteiger partial charge is 0.508 e. The second-order valence-electron chi connectivity index (χ2n) is 8.78. The van der Waals surface area contributed by atoms with E-state index in [0.717, 1.165) is 45.3 Å². The lowest BCUT2D eigenvalue weighted by atomic mass is 10.1. The van der Waals surface area contributed by atoms with Gasteiger partial charge in [0.1, 0.15) is 36.2 Å². The highest BCUT2D eigenvalue weighted by atomic mass is 32.2. The number of phenolic OH excluding ortho intramolecular Hbond substituents is 2. The number of aromatic hydroxyl groups is 2. The van der Waals surface area contributed by atoms with Gasteiger partial charge in [0, 0.05) is 34.1 Å². The van der Waals surface area contributed by atoms with Gasteiger partial charge in [0.15, 0.2) is 0 Å². The molecule has 184 valence electrons. The third-order valence-electron chi connectivity index (χ3n) is 5.98. The second-order valence-corrected chi connectivity index (χ2v) is 10.8. The van der Waals surface area contributed by atoms with E-state index < -0.39 is 0 Å². The number of benzene rings is 4. The lowest BCUT2D eigenvalue weighted by Gasteiger charge is -2.11. The van der Waals surface area contributed by atoms with E-state index in [4.69, 9.17) is 9.47 Å². The van der Waals surface area contributed by atoms with E-state index in [1.165, 1.54) is 11.1 Å². The van der Waals surface area contributed by atoms with Crippen molar-refractivity contribution in [2.24, 2.45) is 0 Å². The number of hydrogen-bond donors (Lipinski definition) is 2. The molecular weight excluding hydrogens is 488 g/mol. The van der Waals surface area contributed by atoms with Crippen molar-refractivity contribution in [3.63, 3.8) is 0 Å². The molecule has 4 aromatic carbocycles. The maximum Gasteiger partial charge on any atom is 0.120 e. The van der Waals surface area contributed by atoms with Crippen molar-refractivity contribution in [1.29, 1.82) is 0 Å². The van der Waals surface area contributed by atoms with Gasteiger partial charge >= 0.3 is 0 Å². The van der Waals surface area contributed by atoms with Crippen LogP contribution in [0.1, 0.15) is 33.4 Å². The summed E-state index contributed by atoms with van der Waals surface area (Å²) in [6, 6.07) is 27.9. The van der Waals surface area contributed by atoms with Gasteiger partial charge in [-0.3, -0.25) is 0 Å². The first-order valence-corrected chi connectivity index (χ1v) is 14.1. The van der Waals surface area contributed by atoms with E-state index in [1.54, 1.807) is 35.7 Å². The van der Waals surface area contributed by atoms with Crippen molar-refractivity contribution in [1.82, 2.24) is 0 Å². The summed E-state index contributed by atoms with van der Waals surface area (Å²) >= 11 is 3.40. The summed E-state index contributed by atoms with van der Waals surface area (Å²) in [4.78, 5) is 0. The minimum absolute atomic E-state index is 0.232. The number of ether oxygens (including phenoxy) is 2. The van der Waals surface area contributed by atoms with Crippen molar-refractivity contribution in [3.8, 4) is 23.0 Å². The minimum atomic E-state index is 0.232. The van der Waals surface area contributed by atoms with Crippen LogP contribution in [0.3, 0.4) is 0 Å². The summed E-state index contributed by atoms with van der Waals surface area (Å²) in [5.41, 5.74) is 6.05. The molecular formula is C30H28O4S2. The molecule has 7 aliphatic heterocycles. The number of phenols is 2. The maximum absolute atomic E-state index is 10.5. The first kappa shape index (κ1) is 24.5. The van der Waals surface area contributed by atoms with Crippen molar-refractivity contribution in [2.75, 3.05) is 0 Å². The Hall–Kier alpha value is -3.22. The van der Waals surface area contributed by atoms with Gasteiger partial charge < -0.3 is 19.7 Å². The summed E-state index contributed by atoms with van der Waals surface area (Å²) < 4.78 is 12.0. The molecule has 6 heteroatoms. The quantitative estimate of drug-likeness (QED) is 0.237. The van der Waals surface area contributed by atoms with Crippen LogP contribution in [-0.4, -0.2) is 10.2 Å². The van der Waals surface area contributed by atoms with E-state index in [-0.39, 0.29) is 11.5 Å². The molecule has 0 fully saturated rings. The molecule has 0 spiro atoms. The van der Waals surface area contributed by atoms with Crippen LogP contribution in [0, 0.1) is 0 Å². The van der Waals surface area contributed by atoms with Crippen LogP contribution in [-0.2, 0) is 36.2 Å². The Kier molecular flexibility index (Phi) is 7.94. The fourth-order valence-electron chi connectivity index (χ4n) is 3.96. The minimum Gasteiger partial charge on any atom is -0.508 e. The second kappa shape index (κ2) is 11.7. The van der Waals surface area contributed by atoms with Gasteiger partial charge in [-0.05, 0) is 64.7 Å². The highest BCUT2D eigenvalue weighted by Crippen LogP contribution is 2.34. The van der Waals surface area contributed by atoms with E-state index in [9.17, 15) is 10.2 Å². The molecule has 0 atom stereocenters. The smallest absolute Gasteiger partial charge is 0.120 e. The molecule has 36 heavy (non-hydrogen) atoms. The zero-order valence-electron chi connectivity index (χ0n) is 19.9. The number of thioether (sulfide) groups is 2. The molecule has 2 N–H and O–H groups in total. The van der Waals surface area contributed by atoms with Gasteiger partial charge in [0.25, 0.3) is 0 Å². The predicted octanol–water partition coefficient (Wildman–Crippen LogP) is 7.44. The summed E-state index contributed by atoms with van der Waals surface area (Å²) in [6.45, 7) is 0.986. The molecule has 0 aromatic heterocycles. The van der Waals surface area contributed by atoms with E-state index in [2.05, 4.69) is 42.5 Å². The van der Waals surface area contributed by atoms with Crippen molar-refractivity contribution < 1.29 is 19.7 Å². The molecule has 0 amide bonds.